The molecule has 0 bridgehead atoms. The Hall–Kier alpha value is -3.24. The van der Waals surface area contributed by atoms with E-state index in [1.807, 2.05) is 36.0 Å². The molecule has 0 N–H and O–H groups in total. The second-order valence-electron chi connectivity index (χ2n) is 12.0. The van der Waals surface area contributed by atoms with Gasteiger partial charge in [0.2, 0.25) is 5.91 Å². The minimum Gasteiger partial charge on any atom is -0.494 e. The smallest absolute Gasteiger partial charge is 0.225 e. The Kier molecular flexibility index (Phi) is 10.3. The van der Waals surface area contributed by atoms with Crippen LogP contribution in [0.2, 0.25) is 0 Å². The molecule has 2 aromatic heterocycles. The topological polar surface area (TPSA) is 82.9 Å². The lowest BCUT2D eigenvalue weighted by Gasteiger charge is -2.40. The van der Waals surface area contributed by atoms with Gasteiger partial charge in [-0.25, -0.2) is 14.6 Å². The number of ether oxygens (including phenoxy) is 1. The minimum absolute atomic E-state index is 0.162. The highest BCUT2D eigenvalue weighted by Crippen LogP contribution is 2.30. The van der Waals surface area contributed by atoms with Crippen LogP contribution in [0.1, 0.15) is 51.5 Å². The quantitative estimate of drug-likeness (QED) is 0.323. The maximum atomic E-state index is 13.5. The van der Waals surface area contributed by atoms with Crippen LogP contribution in [0.4, 0.5) is 5.82 Å². The molecule has 2 aliphatic rings. The van der Waals surface area contributed by atoms with Crippen molar-refractivity contribution in [2.75, 3.05) is 71.4 Å². The third-order valence-electron chi connectivity index (χ3n) is 8.75. The Morgan fingerprint density at radius 2 is 1.79 bits per heavy atom. The minimum atomic E-state index is 0.162. The van der Waals surface area contributed by atoms with E-state index in [2.05, 4.69) is 61.8 Å². The molecule has 1 aliphatic heterocycles. The second kappa shape index (κ2) is 14.3. The lowest BCUT2D eigenvalue weighted by atomic mass is 9.84. The van der Waals surface area contributed by atoms with Gasteiger partial charge in [-0.15, -0.1) is 0 Å². The summed E-state index contributed by atoms with van der Waals surface area (Å²) >= 11 is 0. The number of aromatic nitrogens is 4. The third kappa shape index (κ3) is 7.21. The summed E-state index contributed by atoms with van der Waals surface area (Å²) in [5, 5.41) is 5.60. The summed E-state index contributed by atoms with van der Waals surface area (Å²) < 4.78 is 7.58. The number of benzene rings is 1. The number of hydrogen-bond acceptors (Lipinski definition) is 8. The lowest BCUT2D eigenvalue weighted by molar-refractivity contribution is -0.137. The van der Waals surface area contributed by atoms with Crippen LogP contribution in [0.25, 0.3) is 11.0 Å². The normalized spacial score (nSPS) is 19.7. The number of anilines is 1. The molecule has 3 heterocycles. The van der Waals surface area contributed by atoms with Crippen LogP contribution < -0.4 is 9.64 Å². The van der Waals surface area contributed by atoms with Crippen molar-refractivity contribution >= 4 is 22.8 Å². The third-order valence-corrected chi connectivity index (χ3v) is 8.75. The number of amides is 1. The van der Waals surface area contributed by atoms with Gasteiger partial charge < -0.3 is 19.4 Å². The molecule has 3 aromatic rings. The molecule has 0 atom stereocenters. The first-order valence-corrected chi connectivity index (χ1v) is 15.8. The zero-order valence-electron chi connectivity index (χ0n) is 25.9. The fourth-order valence-electron chi connectivity index (χ4n) is 6.50. The predicted octanol–water partition coefficient (Wildman–Crippen LogP) is 3.75. The van der Waals surface area contributed by atoms with E-state index in [0.717, 1.165) is 99.7 Å². The lowest BCUT2D eigenvalue weighted by Crippen LogP contribution is -2.51. The molecule has 0 radical (unpaired) electrons. The fourth-order valence-corrected chi connectivity index (χ4v) is 6.50. The molecule has 1 saturated heterocycles. The van der Waals surface area contributed by atoms with E-state index in [9.17, 15) is 4.79 Å². The molecule has 2 fully saturated rings. The van der Waals surface area contributed by atoms with Gasteiger partial charge >= 0.3 is 0 Å². The zero-order chi connectivity index (χ0) is 29.5. The van der Waals surface area contributed by atoms with E-state index in [0.29, 0.717) is 25.1 Å². The zero-order valence-corrected chi connectivity index (χ0v) is 25.9. The van der Waals surface area contributed by atoms with Crippen LogP contribution in [0.3, 0.4) is 0 Å². The average Bonchev–Trinajstić information content (AvgIpc) is 3.42. The summed E-state index contributed by atoms with van der Waals surface area (Å²) in [5.41, 5.74) is 1.93. The molecule has 228 valence electrons. The van der Waals surface area contributed by atoms with E-state index in [-0.39, 0.29) is 5.92 Å². The van der Waals surface area contributed by atoms with Crippen molar-refractivity contribution in [1.29, 1.82) is 0 Å². The van der Waals surface area contributed by atoms with Crippen LogP contribution in [-0.2, 0) is 11.3 Å². The van der Waals surface area contributed by atoms with E-state index < -0.39 is 0 Å². The molecule has 1 amide bonds. The predicted molar refractivity (Wildman–Crippen MR) is 167 cm³/mol. The number of carbonyl (C=O) groups is 1. The Bertz CT molecular complexity index is 1290. The van der Waals surface area contributed by atoms with Gasteiger partial charge in [0.25, 0.3) is 0 Å². The molecule has 5 rings (SSSR count). The van der Waals surface area contributed by atoms with Crippen LogP contribution in [-0.4, -0.2) is 113 Å². The molecule has 1 saturated carbocycles. The number of rotatable bonds is 12. The monoisotopic (exact) mass is 576 g/mol. The van der Waals surface area contributed by atoms with E-state index in [1.54, 1.807) is 6.33 Å². The van der Waals surface area contributed by atoms with Crippen molar-refractivity contribution in [2.45, 2.75) is 58.5 Å². The Morgan fingerprint density at radius 3 is 2.50 bits per heavy atom. The van der Waals surface area contributed by atoms with Crippen LogP contribution in [0.15, 0.2) is 36.8 Å². The van der Waals surface area contributed by atoms with Crippen molar-refractivity contribution in [2.24, 2.45) is 5.92 Å². The second-order valence-corrected chi connectivity index (χ2v) is 12.0. The first kappa shape index (κ1) is 30.2. The molecule has 10 heteroatoms. The van der Waals surface area contributed by atoms with Gasteiger partial charge in [-0.1, -0.05) is 19.1 Å². The summed E-state index contributed by atoms with van der Waals surface area (Å²) in [6.45, 7) is 11.8. The van der Waals surface area contributed by atoms with Gasteiger partial charge in [0.15, 0.2) is 5.65 Å². The first-order chi connectivity index (χ1) is 20.5. The summed E-state index contributed by atoms with van der Waals surface area (Å²) in [7, 11) is 4.29. The Labute approximate surface area is 250 Å². The van der Waals surface area contributed by atoms with Crippen LogP contribution in [0.5, 0.6) is 5.75 Å². The standard InChI is InChI=1S/C32H48N8O2/c1-5-14-37(16-15-36(3)4)27-12-10-26(11-13-27)32(41)39-19-17-38(18-20-39)30-29-22-35-40(31(29)34-24-33-30)23-25-8-7-9-28(21-25)42-6-2/h7-9,21-22,24,26-27H,5-6,10-20,23H2,1-4H3. The molecule has 1 aliphatic carbocycles. The highest BCUT2D eigenvalue weighted by atomic mass is 16.5. The molecule has 0 spiro atoms. The van der Waals surface area contributed by atoms with Gasteiger partial charge in [0, 0.05) is 51.2 Å². The SMILES string of the molecule is CCCN(CCN(C)C)C1CCC(C(=O)N2CCN(c3ncnc4c3cnn4Cc3cccc(OCC)c3)CC2)CC1. The highest BCUT2D eigenvalue weighted by molar-refractivity contribution is 5.87. The van der Waals surface area contributed by atoms with Crippen molar-refractivity contribution < 1.29 is 9.53 Å². The molecular weight excluding hydrogens is 528 g/mol. The van der Waals surface area contributed by atoms with E-state index in [4.69, 9.17) is 4.74 Å². The number of piperazine rings is 1. The summed E-state index contributed by atoms with van der Waals surface area (Å²) in [5.74, 6) is 2.27. The van der Waals surface area contributed by atoms with Gasteiger partial charge in [0.05, 0.1) is 24.7 Å². The summed E-state index contributed by atoms with van der Waals surface area (Å²) in [4.78, 5) is 32.0. The van der Waals surface area contributed by atoms with Crippen LogP contribution >= 0.6 is 0 Å². The number of likely N-dealkylation sites (N-methyl/N-ethyl adjacent to an activating group) is 1. The van der Waals surface area contributed by atoms with Crippen molar-refractivity contribution in [3.05, 3.63) is 42.4 Å². The fraction of sp³-hybridized carbons (Fsp3) is 0.625. The number of hydrogen-bond donors (Lipinski definition) is 0. The van der Waals surface area contributed by atoms with Crippen LogP contribution in [0, 0.1) is 5.92 Å². The molecule has 42 heavy (non-hydrogen) atoms. The number of carbonyl (C=O) groups excluding carboxylic acids is 1. The molecule has 10 nitrogen and oxygen atoms in total. The Morgan fingerprint density at radius 1 is 1.00 bits per heavy atom. The van der Waals surface area contributed by atoms with Gasteiger partial charge in [-0.2, -0.15) is 5.10 Å². The average molecular weight is 577 g/mol. The highest BCUT2D eigenvalue weighted by Gasteiger charge is 2.33. The van der Waals surface area contributed by atoms with Gasteiger partial charge in [-0.3, -0.25) is 9.69 Å². The Balaban J connectivity index is 1.16. The molecule has 0 unspecified atom stereocenters. The maximum Gasteiger partial charge on any atom is 0.225 e. The number of nitrogens with zero attached hydrogens (tertiary/aromatic N) is 8. The summed E-state index contributed by atoms with van der Waals surface area (Å²) in [6.07, 6.45) is 8.94. The van der Waals surface area contributed by atoms with Gasteiger partial charge in [-0.05, 0) is 77.4 Å². The van der Waals surface area contributed by atoms with Crippen molar-refractivity contribution in [1.82, 2.24) is 34.4 Å². The maximum absolute atomic E-state index is 13.5. The summed E-state index contributed by atoms with van der Waals surface area (Å²) in [6, 6.07) is 8.72. The number of fused-ring (bicyclic) bond motifs is 1. The first-order valence-electron chi connectivity index (χ1n) is 15.8. The van der Waals surface area contributed by atoms with Crippen molar-refractivity contribution in [3.63, 3.8) is 0 Å². The van der Waals surface area contributed by atoms with Crippen molar-refractivity contribution in [3.8, 4) is 5.75 Å². The van der Waals surface area contributed by atoms with Gasteiger partial charge in [0.1, 0.15) is 17.9 Å². The molecule has 1 aromatic carbocycles. The van der Waals surface area contributed by atoms with E-state index in [1.165, 1.54) is 6.42 Å². The largest absolute Gasteiger partial charge is 0.494 e. The van der Waals surface area contributed by atoms with E-state index >= 15 is 0 Å². The molecular formula is C32H48N8O2.